The molecule has 0 aliphatic rings. The Kier molecular flexibility index (Phi) is 9.76. The summed E-state index contributed by atoms with van der Waals surface area (Å²) in [4.78, 5) is 42.8. The molecular weight excluding hydrogens is 557 g/mol. The molecule has 6 aromatic rings. The Morgan fingerprint density at radius 1 is 0.442 bits per heavy atom. The van der Waals surface area contributed by atoms with Gasteiger partial charge in [0.2, 0.25) is 0 Å². The molecule has 6 rings (SSSR count). The van der Waals surface area contributed by atoms with E-state index in [4.69, 9.17) is 0 Å². The van der Waals surface area contributed by atoms with Gasteiger partial charge in [-0.2, -0.15) is 0 Å². The maximum absolute atomic E-state index is 10.5. The Bertz CT molecular complexity index is 1760. The van der Waals surface area contributed by atoms with E-state index >= 15 is 0 Å². The number of benzene rings is 3. The van der Waals surface area contributed by atoms with Crippen molar-refractivity contribution in [2.45, 2.75) is 0 Å². The van der Waals surface area contributed by atoms with E-state index in [-0.39, 0.29) is 59.3 Å². The number of para-hydroxylation sites is 3. The summed E-state index contributed by atoms with van der Waals surface area (Å²) in [5, 5.41) is 61.8. The monoisotopic (exact) mass is 575 g/mol. The van der Waals surface area contributed by atoms with E-state index in [2.05, 4.69) is 15.0 Å². The molecule has 0 atom stereocenters. The topological polar surface area (TPSA) is 220 Å². The number of rotatable bonds is 3. The summed E-state index contributed by atoms with van der Waals surface area (Å²) in [6.45, 7) is 0. The third kappa shape index (κ3) is 7.29. The third-order valence-corrected chi connectivity index (χ3v) is 5.72. The first-order valence-electron chi connectivity index (χ1n) is 12.0. The van der Waals surface area contributed by atoms with Crippen LogP contribution in [0.15, 0.2) is 91.0 Å². The first kappa shape index (κ1) is 31.3. The fraction of sp³-hybridized carbons (Fsp3) is 0. The van der Waals surface area contributed by atoms with Crippen molar-refractivity contribution in [2.75, 3.05) is 0 Å². The van der Waals surface area contributed by atoms with Gasteiger partial charge in [0.25, 0.3) is 0 Å². The molecule has 210 valence electrons. The Hall–Kier alpha value is -6.24. The predicted octanol–water partition coefficient (Wildman–Crippen LogP) is 0.531. The van der Waals surface area contributed by atoms with Gasteiger partial charge in [0.15, 0.2) is 0 Å². The first-order valence-corrected chi connectivity index (χ1v) is 12.0. The number of carbonyl (C=O) groups excluding carboxylic acids is 3. The molecule has 3 N–H and O–H groups in total. The molecule has 3 aromatic carbocycles. The third-order valence-electron chi connectivity index (χ3n) is 5.72. The van der Waals surface area contributed by atoms with Crippen LogP contribution < -0.4 is 15.3 Å². The molecule has 0 amide bonds. The molecule has 3 aromatic heterocycles. The second-order valence-corrected chi connectivity index (χ2v) is 8.50. The van der Waals surface area contributed by atoms with Gasteiger partial charge in [-0.15, -0.1) is 0 Å². The molecule has 0 bridgehead atoms. The summed E-state index contributed by atoms with van der Waals surface area (Å²) in [7, 11) is 0. The molecule has 13 heteroatoms. The van der Waals surface area contributed by atoms with Crippen molar-refractivity contribution in [3.63, 3.8) is 0 Å². The summed E-state index contributed by atoms with van der Waals surface area (Å²) in [6.07, 6.45) is 0. The zero-order valence-corrected chi connectivity index (χ0v) is 21.9. The Balaban J connectivity index is 0.000000175. The van der Waals surface area contributed by atoms with Crippen molar-refractivity contribution >= 4 is 59.0 Å². The van der Waals surface area contributed by atoms with E-state index < -0.39 is 17.9 Å². The number of carboxylic acid groups (broad SMARTS) is 3. The van der Waals surface area contributed by atoms with Crippen LogP contribution in [0.25, 0.3) is 32.7 Å². The minimum Gasteiger partial charge on any atom is -0.543 e. The van der Waals surface area contributed by atoms with E-state index in [1.165, 1.54) is 36.4 Å². The summed E-state index contributed by atoms with van der Waals surface area (Å²) < 4.78 is 0. The van der Waals surface area contributed by atoms with Crippen molar-refractivity contribution in [2.24, 2.45) is 0 Å². The average molecular weight is 575 g/mol. The number of aromatic nitrogens is 3. The number of nitrogens with zero attached hydrogens (tertiary/aromatic N) is 3. The molecule has 43 heavy (non-hydrogen) atoms. The van der Waals surface area contributed by atoms with Crippen LogP contribution in [0.5, 0.6) is 17.2 Å². The smallest absolute Gasteiger partial charge is 0.543 e. The van der Waals surface area contributed by atoms with Crippen LogP contribution in [0, 0.1) is 0 Å². The largest absolute Gasteiger partial charge is 3.00 e. The summed E-state index contributed by atoms with van der Waals surface area (Å²) >= 11 is 0. The number of aromatic hydroxyl groups is 3. The zero-order valence-electron chi connectivity index (χ0n) is 21.9. The number of pyridine rings is 3. The van der Waals surface area contributed by atoms with Gasteiger partial charge >= 0.3 is 8.41 Å². The number of phenolic OH excluding ortho intramolecular Hbond substituents is 3. The Morgan fingerprint density at radius 2 is 0.698 bits per heavy atom. The summed E-state index contributed by atoms with van der Waals surface area (Å²) in [5.74, 6) is -4.16. The maximum Gasteiger partial charge on any atom is 3.00 e. The molecule has 0 radical (unpaired) electrons. The van der Waals surface area contributed by atoms with E-state index in [0.717, 1.165) is 0 Å². The molecule has 0 saturated carbocycles. The molecule has 0 unspecified atom stereocenters. The zero-order chi connectivity index (χ0) is 30.4. The minimum absolute atomic E-state index is 0. The van der Waals surface area contributed by atoms with Crippen molar-refractivity contribution in [3.05, 3.63) is 108 Å². The number of hydrogen-bond acceptors (Lipinski definition) is 12. The minimum atomic E-state index is -1.35. The van der Waals surface area contributed by atoms with Gasteiger partial charge < -0.3 is 45.0 Å². The van der Waals surface area contributed by atoms with Crippen LogP contribution in [0.2, 0.25) is 0 Å². The van der Waals surface area contributed by atoms with E-state index in [1.54, 1.807) is 54.6 Å². The first-order chi connectivity index (χ1) is 20.0. The molecule has 0 aliphatic carbocycles. The van der Waals surface area contributed by atoms with Gasteiger partial charge in [0, 0.05) is 16.2 Å². The van der Waals surface area contributed by atoms with Gasteiger partial charge in [-0.05, 0) is 36.4 Å². The molecule has 3 heterocycles. The molecule has 0 aliphatic heterocycles. The van der Waals surface area contributed by atoms with Crippen LogP contribution in [0.1, 0.15) is 31.5 Å². The van der Waals surface area contributed by atoms with Gasteiger partial charge in [0.05, 0.1) is 35.0 Å². The standard InChI is InChI=1S/3C10H7NO3.B/c3*12-8-3-1-2-6-4-5-7(10(13)14)11-9(6)8;/h3*1-5,12H,(H,13,14);/q;;;+3/p-3. The van der Waals surface area contributed by atoms with Crippen molar-refractivity contribution in [3.8, 4) is 17.2 Å². The van der Waals surface area contributed by atoms with Gasteiger partial charge in [0.1, 0.15) is 33.8 Å². The van der Waals surface area contributed by atoms with Crippen LogP contribution in [-0.4, -0.2) is 56.6 Å². The number of aromatic carboxylic acids is 3. The van der Waals surface area contributed by atoms with Crippen molar-refractivity contribution in [1.29, 1.82) is 0 Å². The van der Waals surface area contributed by atoms with E-state index in [9.17, 15) is 45.0 Å². The number of hydrogen-bond donors (Lipinski definition) is 3. The van der Waals surface area contributed by atoms with E-state index in [1.807, 2.05) is 0 Å². The summed E-state index contributed by atoms with van der Waals surface area (Å²) in [5.41, 5.74) is 0.273. The fourth-order valence-corrected chi connectivity index (χ4v) is 3.74. The maximum atomic E-state index is 10.5. The van der Waals surface area contributed by atoms with Crippen molar-refractivity contribution in [1.82, 2.24) is 15.0 Å². The van der Waals surface area contributed by atoms with E-state index in [0.29, 0.717) is 16.2 Å². The quantitative estimate of drug-likeness (QED) is 0.246. The Labute approximate surface area is 244 Å². The van der Waals surface area contributed by atoms with Crippen LogP contribution in [0.4, 0.5) is 0 Å². The Morgan fingerprint density at radius 3 is 0.930 bits per heavy atom. The van der Waals surface area contributed by atoms with Gasteiger partial charge in [-0.3, -0.25) is 0 Å². The van der Waals surface area contributed by atoms with Crippen LogP contribution in [0.3, 0.4) is 0 Å². The molecule has 0 spiro atoms. The summed E-state index contributed by atoms with van der Waals surface area (Å²) in [6, 6.07) is 23.3. The van der Waals surface area contributed by atoms with Crippen LogP contribution >= 0.6 is 0 Å². The SMILES string of the molecule is O=C([O-])c1ccc2cccc(O)c2n1.O=C([O-])c1ccc2cccc(O)c2n1.O=C([O-])c1ccc2cccc(O)c2n1.[B+3]. The van der Waals surface area contributed by atoms with Gasteiger partial charge in [-0.25, -0.2) is 15.0 Å². The van der Waals surface area contributed by atoms with Gasteiger partial charge in [-0.1, -0.05) is 54.6 Å². The normalized spacial score (nSPS) is 10.0. The number of carbonyl (C=O) groups is 3. The second kappa shape index (κ2) is 13.4. The average Bonchev–Trinajstić information content (AvgIpc) is 2.98. The molecule has 0 fully saturated rings. The predicted molar refractivity (Wildman–Crippen MR) is 149 cm³/mol. The molecular formula is C30H18BN3O9. The van der Waals surface area contributed by atoms with Crippen LogP contribution in [-0.2, 0) is 0 Å². The molecule has 0 saturated heterocycles. The number of phenols is 3. The molecule has 12 nitrogen and oxygen atoms in total. The fourth-order valence-electron chi connectivity index (χ4n) is 3.74. The van der Waals surface area contributed by atoms with Crippen molar-refractivity contribution < 1.29 is 45.0 Å². The number of fused-ring (bicyclic) bond motifs is 3. The second-order valence-electron chi connectivity index (χ2n) is 8.50. The number of carboxylic acids is 3.